The van der Waals surface area contributed by atoms with Crippen molar-refractivity contribution in [2.75, 3.05) is 11.9 Å². The monoisotopic (exact) mass is 406 g/mol. The molecule has 2 aromatic rings. The molecule has 2 aliphatic heterocycles. The topological polar surface area (TPSA) is 50.2 Å². The van der Waals surface area contributed by atoms with Crippen LogP contribution in [0, 0.1) is 5.92 Å². The van der Waals surface area contributed by atoms with Gasteiger partial charge in [-0.15, -0.1) is 0 Å². The largest absolute Gasteiger partial charge is 0.410 e. The standard InChI is InChI=1S/C21H25F3N4O/c1-13-8-9-27(14(2)10-13)20(29)17-12-19-25-16(15-6-4-3-5-7-15)11-18(21(22,23)24)28(19)26-17/h3-7,12-14,16,18,25H,8-11H2,1-2H3. The number of amides is 1. The summed E-state index contributed by atoms with van der Waals surface area (Å²) in [5.41, 5.74) is 0.845. The van der Waals surface area contributed by atoms with E-state index in [-0.39, 0.29) is 29.9 Å². The van der Waals surface area contributed by atoms with E-state index in [4.69, 9.17) is 0 Å². The number of nitrogens with zero attached hydrogens (tertiary/aromatic N) is 3. The third kappa shape index (κ3) is 3.84. The molecule has 4 atom stereocenters. The summed E-state index contributed by atoms with van der Waals surface area (Å²) in [6.07, 6.45) is -2.85. The van der Waals surface area contributed by atoms with E-state index >= 15 is 0 Å². The summed E-state index contributed by atoms with van der Waals surface area (Å²) in [7, 11) is 0. The number of hydrogen-bond donors (Lipinski definition) is 1. The molecule has 29 heavy (non-hydrogen) atoms. The summed E-state index contributed by atoms with van der Waals surface area (Å²) in [5.74, 6) is 0.464. The number of anilines is 1. The van der Waals surface area contributed by atoms with Gasteiger partial charge in [0.25, 0.3) is 5.91 Å². The van der Waals surface area contributed by atoms with E-state index in [0.717, 1.165) is 23.1 Å². The maximum atomic E-state index is 13.8. The number of likely N-dealkylation sites (tertiary alicyclic amines) is 1. The first-order chi connectivity index (χ1) is 13.7. The summed E-state index contributed by atoms with van der Waals surface area (Å²) in [5, 5.41) is 7.24. The maximum absolute atomic E-state index is 13.8. The molecule has 0 aliphatic carbocycles. The van der Waals surface area contributed by atoms with Gasteiger partial charge in [0.1, 0.15) is 5.82 Å². The lowest BCUT2D eigenvalue weighted by Crippen LogP contribution is -2.44. The van der Waals surface area contributed by atoms with Crippen molar-refractivity contribution < 1.29 is 18.0 Å². The summed E-state index contributed by atoms with van der Waals surface area (Å²) in [4.78, 5) is 14.7. The first-order valence-electron chi connectivity index (χ1n) is 10.0. The van der Waals surface area contributed by atoms with Crippen LogP contribution in [0.25, 0.3) is 0 Å². The molecule has 4 rings (SSSR count). The number of fused-ring (bicyclic) bond motifs is 1. The lowest BCUT2D eigenvalue weighted by Gasteiger charge is -2.36. The van der Waals surface area contributed by atoms with Crippen molar-refractivity contribution in [1.82, 2.24) is 14.7 Å². The van der Waals surface area contributed by atoms with Crippen LogP contribution in [0.5, 0.6) is 0 Å². The Morgan fingerprint density at radius 2 is 1.90 bits per heavy atom. The predicted molar refractivity (Wildman–Crippen MR) is 104 cm³/mol. The Hall–Kier alpha value is -2.51. The molecule has 1 amide bonds. The fraction of sp³-hybridized carbons (Fsp3) is 0.524. The highest BCUT2D eigenvalue weighted by molar-refractivity contribution is 5.93. The quantitative estimate of drug-likeness (QED) is 0.779. The number of aromatic nitrogens is 2. The zero-order valence-electron chi connectivity index (χ0n) is 16.5. The number of carbonyl (C=O) groups excluding carboxylic acids is 1. The number of alkyl halides is 3. The minimum absolute atomic E-state index is 0.0495. The van der Waals surface area contributed by atoms with E-state index in [0.29, 0.717) is 12.5 Å². The molecular weight excluding hydrogens is 381 g/mol. The van der Waals surface area contributed by atoms with Crippen LogP contribution in [0.3, 0.4) is 0 Å². The molecule has 1 aromatic heterocycles. The van der Waals surface area contributed by atoms with Gasteiger partial charge in [0.15, 0.2) is 11.7 Å². The Kier molecular flexibility index (Phi) is 5.04. The second kappa shape index (κ2) is 7.39. The Bertz CT molecular complexity index is 880. The number of halogens is 3. The Morgan fingerprint density at radius 1 is 1.17 bits per heavy atom. The number of piperidine rings is 1. The van der Waals surface area contributed by atoms with E-state index in [2.05, 4.69) is 17.3 Å². The fourth-order valence-electron chi connectivity index (χ4n) is 4.44. The normalized spacial score (nSPS) is 27.3. The smallest absolute Gasteiger partial charge is 0.363 e. The molecule has 1 aromatic carbocycles. The van der Waals surface area contributed by atoms with Gasteiger partial charge in [-0.25, -0.2) is 4.68 Å². The summed E-state index contributed by atoms with van der Waals surface area (Å²) >= 11 is 0. The number of nitrogens with one attached hydrogen (secondary N) is 1. The third-order valence-corrected chi connectivity index (χ3v) is 6.01. The minimum Gasteiger partial charge on any atom is -0.363 e. The van der Waals surface area contributed by atoms with E-state index in [9.17, 15) is 18.0 Å². The zero-order chi connectivity index (χ0) is 20.8. The second-order valence-corrected chi connectivity index (χ2v) is 8.24. The van der Waals surface area contributed by atoms with Crippen LogP contribution in [0.2, 0.25) is 0 Å². The van der Waals surface area contributed by atoms with Gasteiger partial charge in [-0.05, 0) is 31.2 Å². The zero-order valence-corrected chi connectivity index (χ0v) is 16.5. The van der Waals surface area contributed by atoms with Gasteiger partial charge in [0, 0.05) is 25.1 Å². The number of benzene rings is 1. The van der Waals surface area contributed by atoms with Crippen molar-refractivity contribution >= 4 is 11.7 Å². The lowest BCUT2D eigenvalue weighted by molar-refractivity contribution is -0.173. The van der Waals surface area contributed by atoms with Gasteiger partial charge in [-0.1, -0.05) is 37.3 Å². The lowest BCUT2D eigenvalue weighted by atomic mass is 9.93. The van der Waals surface area contributed by atoms with Gasteiger partial charge >= 0.3 is 6.18 Å². The molecule has 1 N–H and O–H groups in total. The highest BCUT2D eigenvalue weighted by atomic mass is 19.4. The average molecular weight is 406 g/mol. The van der Waals surface area contributed by atoms with Crippen molar-refractivity contribution in [3.63, 3.8) is 0 Å². The highest BCUT2D eigenvalue weighted by Gasteiger charge is 2.47. The van der Waals surface area contributed by atoms with Crippen molar-refractivity contribution in [3.8, 4) is 0 Å². The van der Waals surface area contributed by atoms with Gasteiger partial charge in [0.05, 0.1) is 6.04 Å². The molecule has 0 spiro atoms. The molecule has 1 fully saturated rings. The maximum Gasteiger partial charge on any atom is 0.410 e. The van der Waals surface area contributed by atoms with E-state index < -0.39 is 18.3 Å². The molecule has 156 valence electrons. The predicted octanol–water partition coefficient (Wildman–Crippen LogP) is 4.80. The molecule has 4 unspecified atom stereocenters. The SMILES string of the molecule is CC1CCN(C(=O)c2cc3n(n2)C(C(F)(F)F)CC(c2ccccc2)N3)C(C)C1. The van der Waals surface area contributed by atoms with Crippen LogP contribution in [0.1, 0.15) is 61.2 Å². The van der Waals surface area contributed by atoms with Crippen molar-refractivity contribution in [2.45, 2.75) is 57.4 Å². The van der Waals surface area contributed by atoms with Crippen molar-refractivity contribution in [1.29, 1.82) is 0 Å². The number of carbonyl (C=O) groups is 1. The number of hydrogen-bond acceptors (Lipinski definition) is 3. The van der Waals surface area contributed by atoms with Gasteiger partial charge in [-0.3, -0.25) is 4.79 Å². The summed E-state index contributed by atoms with van der Waals surface area (Å²) in [6.45, 7) is 4.73. The Balaban J connectivity index is 1.65. The average Bonchev–Trinajstić information content (AvgIpc) is 3.10. The molecule has 0 saturated carbocycles. The Morgan fingerprint density at radius 3 is 2.55 bits per heavy atom. The number of rotatable bonds is 2. The Labute approximate surface area is 167 Å². The van der Waals surface area contributed by atoms with E-state index in [1.807, 2.05) is 13.0 Å². The van der Waals surface area contributed by atoms with Gasteiger partial charge in [0.2, 0.25) is 0 Å². The van der Waals surface area contributed by atoms with Crippen LogP contribution in [0.4, 0.5) is 19.0 Å². The molecular formula is C21H25F3N4O. The van der Waals surface area contributed by atoms with Crippen LogP contribution in [-0.4, -0.2) is 39.4 Å². The van der Waals surface area contributed by atoms with Gasteiger partial charge in [-0.2, -0.15) is 18.3 Å². The molecule has 2 aliphatic rings. The third-order valence-electron chi connectivity index (χ3n) is 6.01. The van der Waals surface area contributed by atoms with Crippen LogP contribution >= 0.6 is 0 Å². The summed E-state index contributed by atoms with van der Waals surface area (Å²) < 4.78 is 42.3. The van der Waals surface area contributed by atoms with E-state index in [1.54, 1.807) is 29.2 Å². The second-order valence-electron chi connectivity index (χ2n) is 8.24. The highest BCUT2D eigenvalue weighted by Crippen LogP contribution is 2.43. The van der Waals surface area contributed by atoms with Crippen molar-refractivity contribution in [3.05, 3.63) is 47.7 Å². The minimum atomic E-state index is -4.45. The first-order valence-corrected chi connectivity index (χ1v) is 10.0. The molecule has 1 saturated heterocycles. The molecule has 8 heteroatoms. The molecule has 5 nitrogen and oxygen atoms in total. The van der Waals surface area contributed by atoms with E-state index in [1.165, 1.54) is 6.07 Å². The summed E-state index contributed by atoms with van der Waals surface area (Å²) in [6, 6.07) is 8.29. The molecule has 0 bridgehead atoms. The van der Waals surface area contributed by atoms with Crippen LogP contribution in [0.15, 0.2) is 36.4 Å². The first kappa shape index (κ1) is 19.8. The molecule has 3 heterocycles. The van der Waals surface area contributed by atoms with Crippen LogP contribution in [-0.2, 0) is 0 Å². The fourth-order valence-corrected chi connectivity index (χ4v) is 4.44. The van der Waals surface area contributed by atoms with Crippen LogP contribution < -0.4 is 5.32 Å². The van der Waals surface area contributed by atoms with Crippen molar-refractivity contribution in [2.24, 2.45) is 5.92 Å². The van der Waals surface area contributed by atoms with Gasteiger partial charge < -0.3 is 10.2 Å². The molecule has 0 radical (unpaired) electrons.